The van der Waals surface area contributed by atoms with Crippen LogP contribution in [0.2, 0.25) is 0 Å². The Hall–Kier alpha value is -2.38. The first kappa shape index (κ1) is 14.7. The Morgan fingerprint density at radius 3 is 2.63 bits per heavy atom. The van der Waals surface area contributed by atoms with E-state index in [-0.39, 0.29) is 5.95 Å². The second kappa shape index (κ2) is 6.53. The highest BCUT2D eigenvalue weighted by atomic mass is 16.5. The molecule has 1 unspecified atom stereocenters. The molecule has 0 saturated heterocycles. The Bertz CT molecular complexity index is 477. The van der Waals surface area contributed by atoms with E-state index in [1.165, 1.54) is 0 Å². The molecule has 0 radical (unpaired) electrons. The molecule has 8 heteroatoms. The molecule has 0 aromatic carbocycles. The third-order valence-electron chi connectivity index (χ3n) is 2.10. The molecular weight excluding hydrogens is 254 g/mol. The van der Waals surface area contributed by atoms with Gasteiger partial charge >= 0.3 is 11.9 Å². The van der Waals surface area contributed by atoms with Gasteiger partial charge in [0.15, 0.2) is 0 Å². The molecule has 0 amide bonds. The molecular formula is C11H15N3O5. The maximum atomic E-state index is 10.9. The zero-order valence-corrected chi connectivity index (χ0v) is 10.6. The van der Waals surface area contributed by atoms with Crippen LogP contribution in [0, 0.1) is 6.92 Å². The maximum Gasteiger partial charge on any atom is 0.326 e. The van der Waals surface area contributed by atoms with Crippen LogP contribution in [-0.2, 0) is 9.59 Å². The van der Waals surface area contributed by atoms with Crippen LogP contribution in [0.15, 0.2) is 6.07 Å². The number of carbonyl (C=O) groups is 2. The molecule has 0 saturated carbocycles. The van der Waals surface area contributed by atoms with Crippen molar-refractivity contribution in [2.24, 2.45) is 0 Å². The van der Waals surface area contributed by atoms with Crippen molar-refractivity contribution in [3.05, 3.63) is 11.8 Å². The van der Waals surface area contributed by atoms with Gasteiger partial charge < -0.3 is 20.3 Å². The normalized spacial score (nSPS) is 11.7. The van der Waals surface area contributed by atoms with Crippen molar-refractivity contribution in [2.45, 2.75) is 26.3 Å². The number of aryl methyl sites for hydroxylation is 1. The quantitative estimate of drug-likeness (QED) is 0.655. The summed E-state index contributed by atoms with van der Waals surface area (Å²) in [6, 6.07) is 0.301. The van der Waals surface area contributed by atoms with E-state index in [1.54, 1.807) is 19.9 Å². The summed E-state index contributed by atoms with van der Waals surface area (Å²) >= 11 is 0. The van der Waals surface area contributed by atoms with Crippen LogP contribution >= 0.6 is 0 Å². The van der Waals surface area contributed by atoms with E-state index in [0.29, 0.717) is 18.2 Å². The predicted molar refractivity (Wildman–Crippen MR) is 65.2 cm³/mol. The molecule has 104 valence electrons. The second-order valence-electron chi connectivity index (χ2n) is 3.74. The molecule has 0 aliphatic carbocycles. The second-order valence-corrected chi connectivity index (χ2v) is 3.74. The van der Waals surface area contributed by atoms with Crippen molar-refractivity contribution in [3.63, 3.8) is 0 Å². The molecule has 1 heterocycles. The largest absolute Gasteiger partial charge is 0.481 e. The van der Waals surface area contributed by atoms with E-state index < -0.39 is 24.4 Å². The van der Waals surface area contributed by atoms with Gasteiger partial charge in [-0.1, -0.05) is 0 Å². The van der Waals surface area contributed by atoms with Crippen LogP contribution in [0.25, 0.3) is 0 Å². The summed E-state index contributed by atoms with van der Waals surface area (Å²) in [5.74, 6) is -2.18. The molecule has 0 aliphatic rings. The fraction of sp³-hybridized carbons (Fsp3) is 0.455. The van der Waals surface area contributed by atoms with Gasteiger partial charge in [0.05, 0.1) is 13.0 Å². The van der Waals surface area contributed by atoms with Gasteiger partial charge in [-0.3, -0.25) is 4.79 Å². The summed E-state index contributed by atoms with van der Waals surface area (Å²) in [6.45, 7) is 3.89. The van der Waals surface area contributed by atoms with Gasteiger partial charge in [0.2, 0.25) is 11.8 Å². The van der Waals surface area contributed by atoms with Crippen molar-refractivity contribution in [2.75, 3.05) is 11.9 Å². The number of aliphatic carboxylic acids is 2. The summed E-state index contributed by atoms with van der Waals surface area (Å²) < 4.78 is 5.20. The van der Waals surface area contributed by atoms with E-state index in [4.69, 9.17) is 14.9 Å². The standard InChI is InChI=1S/C11H15N3O5/c1-3-19-8-4-6(2)12-11(14-8)13-7(10(17)18)5-9(15)16/h4,7H,3,5H2,1-2H3,(H,15,16)(H,17,18)(H,12,13,14). The van der Waals surface area contributed by atoms with E-state index in [0.717, 1.165) is 0 Å². The molecule has 1 atom stereocenters. The van der Waals surface area contributed by atoms with Gasteiger partial charge in [-0.05, 0) is 13.8 Å². The molecule has 0 aliphatic heterocycles. The summed E-state index contributed by atoms with van der Waals surface area (Å²) in [5, 5.41) is 20.0. The monoisotopic (exact) mass is 269 g/mol. The number of nitrogens with one attached hydrogen (secondary N) is 1. The fourth-order valence-electron chi connectivity index (χ4n) is 1.36. The number of hydrogen-bond donors (Lipinski definition) is 3. The average Bonchev–Trinajstić information content (AvgIpc) is 2.27. The lowest BCUT2D eigenvalue weighted by Gasteiger charge is -2.13. The Labute approximate surface area is 109 Å². The minimum absolute atomic E-state index is 0.0251. The molecule has 3 N–H and O–H groups in total. The van der Waals surface area contributed by atoms with Gasteiger partial charge in [0.25, 0.3) is 0 Å². The van der Waals surface area contributed by atoms with Crippen molar-refractivity contribution < 1.29 is 24.5 Å². The van der Waals surface area contributed by atoms with Crippen LogP contribution in [0.1, 0.15) is 19.0 Å². The lowest BCUT2D eigenvalue weighted by atomic mass is 10.2. The molecule has 0 spiro atoms. The lowest BCUT2D eigenvalue weighted by molar-refractivity contribution is -0.144. The van der Waals surface area contributed by atoms with Gasteiger partial charge in [0.1, 0.15) is 6.04 Å². The zero-order valence-electron chi connectivity index (χ0n) is 10.6. The van der Waals surface area contributed by atoms with Crippen molar-refractivity contribution >= 4 is 17.9 Å². The Kier molecular flexibility index (Phi) is 5.04. The third-order valence-corrected chi connectivity index (χ3v) is 2.10. The Morgan fingerprint density at radius 1 is 1.42 bits per heavy atom. The van der Waals surface area contributed by atoms with Gasteiger partial charge in [0, 0.05) is 11.8 Å². The van der Waals surface area contributed by atoms with Crippen molar-refractivity contribution in [1.82, 2.24) is 9.97 Å². The molecule has 0 fully saturated rings. The van der Waals surface area contributed by atoms with Crippen molar-refractivity contribution in [1.29, 1.82) is 0 Å². The molecule has 1 aromatic heterocycles. The molecule has 0 bridgehead atoms. The van der Waals surface area contributed by atoms with Crippen LogP contribution in [0.4, 0.5) is 5.95 Å². The Morgan fingerprint density at radius 2 is 2.11 bits per heavy atom. The number of anilines is 1. The summed E-state index contributed by atoms with van der Waals surface area (Å²) in [5.41, 5.74) is 0.584. The van der Waals surface area contributed by atoms with Gasteiger partial charge in [-0.2, -0.15) is 4.98 Å². The summed E-state index contributed by atoms with van der Waals surface area (Å²) in [7, 11) is 0. The first-order valence-electron chi connectivity index (χ1n) is 5.62. The lowest BCUT2D eigenvalue weighted by Crippen LogP contribution is -2.32. The molecule has 8 nitrogen and oxygen atoms in total. The van der Waals surface area contributed by atoms with Crippen LogP contribution < -0.4 is 10.1 Å². The number of carboxylic acid groups (broad SMARTS) is 2. The first-order valence-corrected chi connectivity index (χ1v) is 5.62. The highest BCUT2D eigenvalue weighted by Crippen LogP contribution is 2.13. The first-order chi connectivity index (χ1) is 8.92. The van der Waals surface area contributed by atoms with Gasteiger partial charge in [-0.15, -0.1) is 0 Å². The summed E-state index contributed by atoms with van der Waals surface area (Å²) in [4.78, 5) is 29.4. The fourth-order valence-corrected chi connectivity index (χ4v) is 1.36. The Balaban J connectivity index is 2.89. The number of rotatable bonds is 7. The van der Waals surface area contributed by atoms with E-state index >= 15 is 0 Å². The van der Waals surface area contributed by atoms with E-state index in [1.807, 2.05) is 0 Å². The SMILES string of the molecule is CCOc1cc(C)nc(NC(CC(=O)O)C(=O)O)n1. The number of carboxylic acids is 2. The minimum Gasteiger partial charge on any atom is -0.481 e. The van der Waals surface area contributed by atoms with Crippen LogP contribution in [0.3, 0.4) is 0 Å². The number of ether oxygens (including phenoxy) is 1. The van der Waals surface area contributed by atoms with Crippen LogP contribution in [-0.4, -0.2) is 44.8 Å². The van der Waals surface area contributed by atoms with Crippen molar-refractivity contribution in [3.8, 4) is 5.88 Å². The smallest absolute Gasteiger partial charge is 0.326 e. The number of nitrogens with zero attached hydrogens (tertiary/aromatic N) is 2. The topological polar surface area (TPSA) is 122 Å². The average molecular weight is 269 g/mol. The molecule has 1 rings (SSSR count). The summed E-state index contributed by atoms with van der Waals surface area (Å²) in [6.07, 6.45) is -0.573. The van der Waals surface area contributed by atoms with E-state index in [2.05, 4.69) is 15.3 Å². The number of hydrogen-bond acceptors (Lipinski definition) is 6. The minimum atomic E-state index is -1.30. The third kappa shape index (κ3) is 4.78. The zero-order chi connectivity index (χ0) is 14.4. The number of aromatic nitrogens is 2. The highest BCUT2D eigenvalue weighted by Gasteiger charge is 2.22. The van der Waals surface area contributed by atoms with E-state index in [9.17, 15) is 9.59 Å². The van der Waals surface area contributed by atoms with Crippen LogP contribution in [0.5, 0.6) is 5.88 Å². The predicted octanol–water partition coefficient (Wildman–Crippen LogP) is 0.524. The molecule has 1 aromatic rings. The van der Waals surface area contributed by atoms with Gasteiger partial charge in [-0.25, -0.2) is 9.78 Å². The molecule has 19 heavy (non-hydrogen) atoms. The highest BCUT2D eigenvalue weighted by molar-refractivity contribution is 5.82. The maximum absolute atomic E-state index is 10.9.